The zero-order chi connectivity index (χ0) is 18.1. The van der Waals surface area contributed by atoms with Gasteiger partial charge in [-0.15, -0.1) is 0 Å². The molecule has 7 nitrogen and oxygen atoms in total. The smallest absolute Gasteiger partial charge is 0.253 e. The maximum Gasteiger partial charge on any atom is 0.253 e. The van der Waals surface area contributed by atoms with Gasteiger partial charge in [-0.05, 0) is 25.2 Å². The van der Waals surface area contributed by atoms with Crippen LogP contribution in [0.5, 0.6) is 0 Å². The van der Waals surface area contributed by atoms with Crippen LogP contribution in [0.15, 0.2) is 29.2 Å². The van der Waals surface area contributed by atoms with Gasteiger partial charge in [0.05, 0.1) is 18.1 Å². The van der Waals surface area contributed by atoms with Gasteiger partial charge >= 0.3 is 0 Å². The van der Waals surface area contributed by atoms with Crippen molar-refractivity contribution < 1.29 is 17.9 Å². The predicted molar refractivity (Wildman–Crippen MR) is 94.0 cm³/mol. The number of nitrogens with zero attached hydrogens (tertiary/aromatic N) is 2. The third-order valence-corrected chi connectivity index (χ3v) is 6.17. The Bertz CT molecular complexity index is 738. The molecule has 0 bridgehead atoms. The SMILES string of the molecule is CN1CCN(C(=O)c2cccc(S(=O)(=O)NCC3(C)COC3)c2)CC1. The predicted octanol–water partition coefficient (Wildman–Crippen LogP) is 0.389. The van der Waals surface area contributed by atoms with Crippen molar-refractivity contribution in [2.24, 2.45) is 5.41 Å². The topological polar surface area (TPSA) is 79.0 Å². The molecule has 25 heavy (non-hydrogen) atoms. The molecule has 0 aliphatic carbocycles. The van der Waals surface area contributed by atoms with Crippen molar-refractivity contribution in [3.05, 3.63) is 29.8 Å². The van der Waals surface area contributed by atoms with Crippen molar-refractivity contribution in [3.63, 3.8) is 0 Å². The molecule has 0 spiro atoms. The number of ether oxygens (including phenoxy) is 1. The molecule has 0 aromatic heterocycles. The van der Waals surface area contributed by atoms with E-state index in [1.54, 1.807) is 17.0 Å². The summed E-state index contributed by atoms with van der Waals surface area (Å²) in [5, 5.41) is 0. The maximum atomic E-state index is 12.6. The Morgan fingerprint density at radius 3 is 2.52 bits per heavy atom. The van der Waals surface area contributed by atoms with Crippen molar-refractivity contribution in [1.82, 2.24) is 14.5 Å². The minimum Gasteiger partial charge on any atom is -0.380 e. The maximum absolute atomic E-state index is 12.6. The standard InChI is InChI=1S/C17H25N3O4S/c1-17(12-24-13-17)11-18-25(22,23)15-5-3-4-14(10-15)16(21)20-8-6-19(2)7-9-20/h3-5,10,18H,6-9,11-13H2,1-2H3. The molecule has 138 valence electrons. The molecule has 0 unspecified atom stereocenters. The van der Waals surface area contributed by atoms with Crippen LogP contribution in [0.25, 0.3) is 0 Å². The summed E-state index contributed by atoms with van der Waals surface area (Å²) < 4.78 is 32.8. The van der Waals surface area contributed by atoms with E-state index in [1.165, 1.54) is 12.1 Å². The van der Waals surface area contributed by atoms with Gasteiger partial charge in [-0.25, -0.2) is 13.1 Å². The Hall–Kier alpha value is -1.48. The molecule has 0 radical (unpaired) electrons. The number of nitrogens with one attached hydrogen (secondary N) is 1. The van der Waals surface area contributed by atoms with E-state index in [1.807, 2.05) is 14.0 Å². The highest BCUT2D eigenvalue weighted by Gasteiger charge is 2.34. The number of hydrogen-bond acceptors (Lipinski definition) is 5. The minimum atomic E-state index is -3.65. The zero-order valence-electron chi connectivity index (χ0n) is 14.7. The Labute approximate surface area is 149 Å². The number of piperazine rings is 1. The molecule has 2 fully saturated rings. The number of amides is 1. The van der Waals surface area contributed by atoms with Gasteiger partial charge in [0.2, 0.25) is 10.0 Å². The highest BCUT2D eigenvalue weighted by atomic mass is 32.2. The molecule has 1 aromatic rings. The minimum absolute atomic E-state index is 0.121. The van der Waals surface area contributed by atoms with Gasteiger partial charge in [0.1, 0.15) is 0 Å². The second kappa shape index (κ2) is 7.03. The van der Waals surface area contributed by atoms with Crippen LogP contribution >= 0.6 is 0 Å². The van der Waals surface area contributed by atoms with Gasteiger partial charge < -0.3 is 14.5 Å². The van der Waals surface area contributed by atoms with Crippen LogP contribution in [0.1, 0.15) is 17.3 Å². The third-order valence-electron chi connectivity index (χ3n) is 4.77. The number of hydrogen-bond donors (Lipinski definition) is 1. The van der Waals surface area contributed by atoms with Crippen LogP contribution in [0, 0.1) is 5.41 Å². The molecule has 0 atom stereocenters. The summed E-state index contributed by atoms with van der Waals surface area (Å²) in [5.41, 5.74) is 0.256. The van der Waals surface area contributed by atoms with E-state index in [9.17, 15) is 13.2 Å². The molecule has 0 saturated carbocycles. The van der Waals surface area contributed by atoms with E-state index in [0.717, 1.165) is 13.1 Å². The van der Waals surface area contributed by atoms with Crippen LogP contribution in [0.4, 0.5) is 0 Å². The fraction of sp³-hybridized carbons (Fsp3) is 0.588. The van der Waals surface area contributed by atoms with E-state index < -0.39 is 10.0 Å². The molecule has 3 rings (SSSR count). The summed E-state index contributed by atoms with van der Waals surface area (Å²) >= 11 is 0. The lowest BCUT2D eigenvalue weighted by Crippen LogP contribution is -2.48. The van der Waals surface area contributed by atoms with Gasteiger partial charge in [-0.2, -0.15) is 0 Å². The van der Waals surface area contributed by atoms with Gasteiger partial charge in [-0.3, -0.25) is 4.79 Å². The van der Waals surface area contributed by atoms with E-state index in [2.05, 4.69) is 9.62 Å². The number of rotatable bonds is 5. The summed E-state index contributed by atoms with van der Waals surface area (Å²) in [7, 11) is -1.63. The Morgan fingerprint density at radius 2 is 1.92 bits per heavy atom. The van der Waals surface area contributed by atoms with Crippen LogP contribution in [0.3, 0.4) is 0 Å². The van der Waals surface area contributed by atoms with Crippen molar-refractivity contribution in [1.29, 1.82) is 0 Å². The van der Waals surface area contributed by atoms with E-state index >= 15 is 0 Å². The summed E-state index contributed by atoms with van der Waals surface area (Å²) in [4.78, 5) is 16.7. The van der Waals surface area contributed by atoms with Crippen molar-refractivity contribution in [3.8, 4) is 0 Å². The zero-order valence-corrected chi connectivity index (χ0v) is 15.5. The average molecular weight is 367 g/mol. The second-order valence-electron chi connectivity index (χ2n) is 7.25. The number of carbonyl (C=O) groups is 1. The Morgan fingerprint density at radius 1 is 1.24 bits per heavy atom. The molecule has 2 saturated heterocycles. The Balaban J connectivity index is 1.70. The van der Waals surface area contributed by atoms with Gasteiger partial charge in [0.25, 0.3) is 5.91 Å². The van der Waals surface area contributed by atoms with E-state index in [0.29, 0.717) is 38.4 Å². The van der Waals surface area contributed by atoms with Crippen LogP contribution in [-0.2, 0) is 14.8 Å². The molecule has 2 heterocycles. The fourth-order valence-corrected chi connectivity index (χ4v) is 4.14. The number of carbonyl (C=O) groups excluding carboxylic acids is 1. The van der Waals surface area contributed by atoms with Crippen LogP contribution in [-0.4, -0.2) is 77.1 Å². The first kappa shape index (κ1) is 18.3. The lowest BCUT2D eigenvalue weighted by Gasteiger charge is -2.37. The lowest BCUT2D eigenvalue weighted by molar-refractivity contribution is -0.0965. The molecule has 1 N–H and O–H groups in total. The van der Waals surface area contributed by atoms with Crippen LogP contribution in [0.2, 0.25) is 0 Å². The molecule has 2 aliphatic heterocycles. The van der Waals surface area contributed by atoms with Gasteiger partial charge in [0, 0.05) is 43.7 Å². The number of benzene rings is 1. The van der Waals surface area contributed by atoms with Gasteiger partial charge in [-0.1, -0.05) is 13.0 Å². The largest absolute Gasteiger partial charge is 0.380 e. The second-order valence-corrected chi connectivity index (χ2v) is 9.02. The quantitative estimate of drug-likeness (QED) is 0.814. The van der Waals surface area contributed by atoms with Gasteiger partial charge in [0.15, 0.2) is 0 Å². The lowest BCUT2D eigenvalue weighted by atomic mass is 9.89. The molecule has 2 aliphatic rings. The average Bonchev–Trinajstić information content (AvgIpc) is 2.58. The first-order valence-electron chi connectivity index (χ1n) is 8.44. The highest BCUT2D eigenvalue weighted by Crippen LogP contribution is 2.26. The summed E-state index contributed by atoms with van der Waals surface area (Å²) in [5.74, 6) is -0.121. The summed E-state index contributed by atoms with van der Waals surface area (Å²) in [6.07, 6.45) is 0. The molecule has 1 amide bonds. The molecule has 1 aromatic carbocycles. The first-order valence-corrected chi connectivity index (χ1v) is 9.93. The van der Waals surface area contributed by atoms with Crippen molar-refractivity contribution in [2.75, 3.05) is 53.0 Å². The summed E-state index contributed by atoms with van der Waals surface area (Å²) in [6.45, 7) is 6.37. The molecular formula is C17H25N3O4S. The van der Waals surface area contributed by atoms with Crippen molar-refractivity contribution >= 4 is 15.9 Å². The monoisotopic (exact) mass is 367 g/mol. The fourth-order valence-electron chi connectivity index (χ4n) is 2.89. The number of sulfonamides is 1. The summed E-state index contributed by atoms with van der Waals surface area (Å²) in [6, 6.07) is 6.26. The first-order chi connectivity index (χ1) is 11.8. The van der Waals surface area contributed by atoms with E-state index in [-0.39, 0.29) is 16.2 Å². The Kier molecular flexibility index (Phi) is 5.15. The normalized spacial score (nSPS) is 21.0. The highest BCUT2D eigenvalue weighted by molar-refractivity contribution is 7.89. The van der Waals surface area contributed by atoms with Crippen LogP contribution < -0.4 is 4.72 Å². The molecule has 8 heteroatoms. The number of likely N-dealkylation sites (N-methyl/N-ethyl adjacent to an activating group) is 1. The van der Waals surface area contributed by atoms with E-state index in [4.69, 9.17) is 4.74 Å². The van der Waals surface area contributed by atoms with Crippen molar-refractivity contribution in [2.45, 2.75) is 11.8 Å². The third kappa shape index (κ3) is 4.20. The molecular weight excluding hydrogens is 342 g/mol.